The lowest BCUT2D eigenvalue weighted by molar-refractivity contribution is -0.911. The van der Waals surface area contributed by atoms with Crippen LogP contribution in [0.3, 0.4) is 0 Å². The molecule has 0 bridgehead atoms. The van der Waals surface area contributed by atoms with Gasteiger partial charge in [0.2, 0.25) is 5.91 Å². The smallest absolute Gasteiger partial charge is 0.275 e. The van der Waals surface area contributed by atoms with Gasteiger partial charge in [-0.15, -0.1) is 0 Å². The second kappa shape index (κ2) is 8.47. The number of rotatable bonds is 6. The fourth-order valence-corrected chi connectivity index (χ4v) is 3.58. The summed E-state index contributed by atoms with van der Waals surface area (Å²) in [5, 5.41) is 4.61. The Morgan fingerprint density at radius 1 is 1.18 bits per heavy atom. The molecule has 0 radical (unpaired) electrons. The monoisotopic (exact) mass is 395 g/mol. The van der Waals surface area contributed by atoms with Crippen molar-refractivity contribution in [2.45, 2.75) is 18.9 Å². The highest BCUT2D eigenvalue weighted by atomic mass is 19.2. The summed E-state index contributed by atoms with van der Waals surface area (Å²) in [6, 6.07) is 5.86. The Hall–Kier alpha value is -2.81. The molecule has 6 nitrogen and oxygen atoms in total. The summed E-state index contributed by atoms with van der Waals surface area (Å²) in [6.07, 6.45) is 3.96. The maximum Gasteiger partial charge on any atom is 0.275 e. The number of halogens is 3. The lowest BCUT2D eigenvalue weighted by atomic mass is 10.1. The van der Waals surface area contributed by atoms with Crippen molar-refractivity contribution in [3.8, 4) is 0 Å². The maximum absolute atomic E-state index is 13.6. The highest BCUT2D eigenvalue weighted by molar-refractivity contribution is 5.94. The van der Waals surface area contributed by atoms with E-state index in [1.165, 1.54) is 0 Å². The van der Waals surface area contributed by atoms with Crippen molar-refractivity contribution in [2.75, 3.05) is 25.0 Å². The van der Waals surface area contributed by atoms with Crippen LogP contribution >= 0.6 is 0 Å². The van der Waals surface area contributed by atoms with Gasteiger partial charge in [0.05, 0.1) is 24.5 Å². The highest BCUT2D eigenvalue weighted by Gasteiger charge is 2.33. The van der Waals surface area contributed by atoms with Gasteiger partial charge in [-0.3, -0.25) is 9.59 Å². The number of nitrogens with zero attached hydrogens (tertiary/aromatic N) is 1. The molecular formula is C19H22F3N4O2+. The molecule has 2 amide bonds. The zero-order chi connectivity index (χ0) is 20.3. The van der Waals surface area contributed by atoms with Crippen molar-refractivity contribution in [1.82, 2.24) is 9.88 Å². The van der Waals surface area contributed by atoms with Crippen LogP contribution in [0.2, 0.25) is 0 Å². The van der Waals surface area contributed by atoms with Crippen LogP contribution in [0.5, 0.6) is 0 Å². The fraction of sp³-hybridized carbons (Fsp3) is 0.368. The molecule has 150 valence electrons. The lowest BCUT2D eigenvalue weighted by Gasteiger charge is -2.21. The first kappa shape index (κ1) is 19.9. The molecule has 2 heterocycles. The molecule has 3 N–H and O–H groups in total. The molecule has 0 spiro atoms. The van der Waals surface area contributed by atoms with Gasteiger partial charge in [-0.05, 0) is 24.3 Å². The molecule has 1 aromatic heterocycles. The van der Waals surface area contributed by atoms with E-state index in [9.17, 15) is 22.8 Å². The van der Waals surface area contributed by atoms with Crippen molar-refractivity contribution in [3.05, 3.63) is 53.6 Å². The predicted octanol–water partition coefficient (Wildman–Crippen LogP) is 0.917. The number of carbonyl (C=O) groups is 2. The largest absolute Gasteiger partial charge is 0.350 e. The molecule has 2 atom stereocenters. The minimum atomic E-state index is -1.66. The van der Waals surface area contributed by atoms with Gasteiger partial charge in [0.1, 0.15) is 6.04 Å². The quantitative estimate of drug-likeness (QED) is 0.637. The fourth-order valence-electron chi connectivity index (χ4n) is 3.58. The first-order chi connectivity index (χ1) is 13.4. The summed E-state index contributed by atoms with van der Waals surface area (Å²) in [6.45, 7) is 0.678. The molecule has 1 saturated heterocycles. The molecule has 3 rings (SSSR count). The maximum atomic E-state index is 13.6. The van der Waals surface area contributed by atoms with E-state index in [1.54, 1.807) is 0 Å². The molecule has 9 heteroatoms. The Balaban J connectivity index is 1.51. The molecule has 0 aliphatic carbocycles. The zero-order valence-electron chi connectivity index (χ0n) is 15.4. The Bertz CT molecular complexity index is 884. The van der Waals surface area contributed by atoms with Gasteiger partial charge in [0.15, 0.2) is 24.0 Å². The standard InChI is InChI=1S/C19H21F3N4O2/c1-25-8-2-4-14(25)15-5-3-9-26(15)11-17(28)23-10-16(27)24-13-7-6-12(20)18(21)19(13)22/h2,4,6-8,15H,3,5,9-11H2,1H3,(H,23,28)(H,24,27)/p+1/t15-/m1/s1. The molecule has 1 aromatic carbocycles. The van der Waals surface area contributed by atoms with Crippen LogP contribution in [-0.2, 0) is 16.6 Å². The number of quaternary nitrogens is 1. The van der Waals surface area contributed by atoms with E-state index in [4.69, 9.17) is 0 Å². The van der Waals surface area contributed by atoms with E-state index in [0.717, 1.165) is 36.0 Å². The number of benzene rings is 1. The molecule has 28 heavy (non-hydrogen) atoms. The predicted molar refractivity (Wildman–Crippen MR) is 96.0 cm³/mol. The number of hydrogen-bond donors (Lipinski definition) is 3. The van der Waals surface area contributed by atoms with Crippen molar-refractivity contribution < 1.29 is 27.7 Å². The number of aryl methyl sites for hydroxylation is 1. The number of amides is 2. The van der Waals surface area contributed by atoms with E-state index >= 15 is 0 Å². The van der Waals surface area contributed by atoms with Crippen LogP contribution in [0.15, 0.2) is 30.5 Å². The number of hydrogen-bond acceptors (Lipinski definition) is 2. The van der Waals surface area contributed by atoms with Gasteiger partial charge in [-0.1, -0.05) is 0 Å². The first-order valence-corrected chi connectivity index (χ1v) is 9.02. The summed E-state index contributed by atoms with van der Waals surface area (Å²) in [5.74, 6) is -5.52. The SMILES string of the molecule is Cn1cccc1[C@H]1CCC[NH+]1CC(=O)NCC(=O)Nc1ccc(F)c(F)c1F. The lowest BCUT2D eigenvalue weighted by Crippen LogP contribution is -3.11. The third-order valence-electron chi connectivity index (χ3n) is 4.97. The van der Waals surface area contributed by atoms with Crippen LogP contribution in [0, 0.1) is 17.5 Å². The van der Waals surface area contributed by atoms with Crippen molar-refractivity contribution in [1.29, 1.82) is 0 Å². The topological polar surface area (TPSA) is 67.6 Å². The molecule has 1 unspecified atom stereocenters. The van der Waals surface area contributed by atoms with Gasteiger partial charge < -0.3 is 20.1 Å². The summed E-state index contributed by atoms with van der Waals surface area (Å²) in [7, 11) is 1.97. The molecular weight excluding hydrogens is 373 g/mol. The third kappa shape index (κ3) is 4.36. The zero-order valence-corrected chi connectivity index (χ0v) is 15.4. The number of likely N-dealkylation sites (tertiary alicyclic amines) is 1. The van der Waals surface area contributed by atoms with Crippen LogP contribution in [-0.4, -0.2) is 36.0 Å². The summed E-state index contributed by atoms with van der Waals surface area (Å²) in [5.41, 5.74) is 0.680. The van der Waals surface area contributed by atoms with Gasteiger partial charge >= 0.3 is 0 Å². The number of carbonyl (C=O) groups excluding carboxylic acids is 2. The average Bonchev–Trinajstić information content (AvgIpc) is 3.29. The van der Waals surface area contributed by atoms with E-state index in [2.05, 4.69) is 10.6 Å². The molecule has 0 saturated carbocycles. The Morgan fingerprint density at radius 3 is 2.68 bits per heavy atom. The summed E-state index contributed by atoms with van der Waals surface area (Å²) < 4.78 is 41.7. The van der Waals surface area contributed by atoms with Gasteiger partial charge in [0, 0.05) is 26.1 Å². The van der Waals surface area contributed by atoms with Gasteiger partial charge in [-0.2, -0.15) is 0 Å². The number of nitrogens with one attached hydrogen (secondary N) is 3. The summed E-state index contributed by atoms with van der Waals surface area (Å²) >= 11 is 0. The second-order valence-electron chi connectivity index (χ2n) is 6.87. The minimum Gasteiger partial charge on any atom is -0.350 e. The van der Waals surface area contributed by atoms with Crippen LogP contribution in [0.4, 0.5) is 18.9 Å². The summed E-state index contributed by atoms with van der Waals surface area (Å²) in [4.78, 5) is 25.2. The van der Waals surface area contributed by atoms with Crippen LogP contribution < -0.4 is 15.5 Å². The second-order valence-corrected chi connectivity index (χ2v) is 6.87. The van der Waals surface area contributed by atoms with E-state index in [1.807, 2.05) is 29.9 Å². The van der Waals surface area contributed by atoms with E-state index < -0.39 is 29.0 Å². The number of aromatic nitrogens is 1. The average molecular weight is 395 g/mol. The first-order valence-electron chi connectivity index (χ1n) is 9.02. The van der Waals surface area contributed by atoms with Crippen molar-refractivity contribution >= 4 is 17.5 Å². The van der Waals surface area contributed by atoms with Crippen molar-refractivity contribution in [2.24, 2.45) is 7.05 Å². The van der Waals surface area contributed by atoms with Gasteiger partial charge in [0.25, 0.3) is 5.91 Å². The third-order valence-corrected chi connectivity index (χ3v) is 4.97. The minimum absolute atomic E-state index is 0.211. The Labute approximate surface area is 160 Å². The normalized spacial score (nSPS) is 18.9. The van der Waals surface area contributed by atoms with Crippen molar-refractivity contribution in [3.63, 3.8) is 0 Å². The van der Waals surface area contributed by atoms with E-state index in [-0.39, 0.29) is 25.0 Å². The van der Waals surface area contributed by atoms with E-state index in [0.29, 0.717) is 6.07 Å². The Morgan fingerprint density at radius 2 is 1.96 bits per heavy atom. The Kier molecular flexibility index (Phi) is 6.03. The van der Waals surface area contributed by atoms with Crippen LogP contribution in [0.25, 0.3) is 0 Å². The molecule has 1 aliphatic rings. The molecule has 2 aromatic rings. The van der Waals surface area contributed by atoms with Gasteiger partial charge in [-0.25, -0.2) is 13.2 Å². The molecule has 1 aliphatic heterocycles. The number of anilines is 1. The molecule has 1 fully saturated rings. The highest BCUT2D eigenvalue weighted by Crippen LogP contribution is 2.20. The van der Waals surface area contributed by atoms with Crippen LogP contribution in [0.1, 0.15) is 24.6 Å².